The number of phenolic OH excluding ortho intramolecular Hbond substituents is 1. The number of methoxy groups -OCH3 is 1. The second-order valence-corrected chi connectivity index (χ2v) is 4.41. The van der Waals surface area contributed by atoms with E-state index in [0.29, 0.717) is 6.61 Å². The van der Waals surface area contributed by atoms with Crippen molar-refractivity contribution in [2.24, 2.45) is 5.92 Å². The van der Waals surface area contributed by atoms with Gasteiger partial charge in [0.25, 0.3) is 5.91 Å². The van der Waals surface area contributed by atoms with Crippen LogP contribution in [-0.4, -0.2) is 30.8 Å². The molecule has 0 heterocycles. The molecular formula is C13H18FNO3. The van der Waals surface area contributed by atoms with Crippen LogP contribution in [0.4, 0.5) is 4.39 Å². The number of phenols is 1. The average molecular weight is 255 g/mol. The molecule has 1 atom stereocenters. The Bertz CT molecular complexity index is 400. The predicted molar refractivity (Wildman–Crippen MR) is 66.0 cm³/mol. The largest absolute Gasteiger partial charge is 0.507 e. The van der Waals surface area contributed by atoms with Crippen molar-refractivity contribution in [1.82, 2.24) is 5.32 Å². The molecule has 1 aromatic rings. The third kappa shape index (κ3) is 3.43. The molecule has 0 fully saturated rings. The Kier molecular flexibility index (Phi) is 5.09. The van der Waals surface area contributed by atoms with E-state index < -0.39 is 11.7 Å². The summed E-state index contributed by atoms with van der Waals surface area (Å²) in [5.41, 5.74) is -0.334. The second kappa shape index (κ2) is 6.35. The van der Waals surface area contributed by atoms with E-state index in [1.807, 2.05) is 13.8 Å². The maximum absolute atomic E-state index is 13.5. The van der Waals surface area contributed by atoms with Crippen molar-refractivity contribution in [3.05, 3.63) is 29.6 Å². The number of benzene rings is 1. The van der Waals surface area contributed by atoms with Crippen LogP contribution in [0.25, 0.3) is 0 Å². The van der Waals surface area contributed by atoms with Gasteiger partial charge in [0.15, 0.2) is 0 Å². The van der Waals surface area contributed by atoms with E-state index in [2.05, 4.69) is 5.32 Å². The Morgan fingerprint density at radius 1 is 1.50 bits per heavy atom. The van der Waals surface area contributed by atoms with Gasteiger partial charge in [-0.25, -0.2) is 4.39 Å². The molecule has 1 unspecified atom stereocenters. The average Bonchev–Trinajstić information content (AvgIpc) is 2.28. The molecule has 0 aliphatic rings. The third-order valence-corrected chi connectivity index (χ3v) is 2.69. The summed E-state index contributed by atoms with van der Waals surface area (Å²) in [6.45, 7) is 4.18. The van der Waals surface area contributed by atoms with Crippen LogP contribution in [0.15, 0.2) is 18.2 Å². The summed E-state index contributed by atoms with van der Waals surface area (Å²) in [7, 11) is 1.53. The van der Waals surface area contributed by atoms with Gasteiger partial charge in [0.05, 0.1) is 12.6 Å². The first-order valence-electron chi connectivity index (χ1n) is 5.74. The highest BCUT2D eigenvalue weighted by Gasteiger charge is 2.21. The zero-order valence-electron chi connectivity index (χ0n) is 10.7. The molecule has 4 nitrogen and oxygen atoms in total. The SMILES string of the molecule is COCC(NC(=O)c1c(O)cccc1F)C(C)C. The summed E-state index contributed by atoms with van der Waals surface area (Å²) in [5, 5.41) is 12.2. The number of carbonyl (C=O) groups excluding carboxylic acids is 1. The summed E-state index contributed by atoms with van der Waals surface area (Å²) in [6, 6.07) is 3.52. The van der Waals surface area contributed by atoms with Crippen molar-refractivity contribution in [3.8, 4) is 5.75 Å². The number of amides is 1. The maximum atomic E-state index is 13.5. The fourth-order valence-corrected chi connectivity index (χ4v) is 1.56. The fraction of sp³-hybridized carbons (Fsp3) is 0.462. The highest BCUT2D eigenvalue weighted by Crippen LogP contribution is 2.20. The van der Waals surface area contributed by atoms with Crippen LogP contribution in [0.3, 0.4) is 0 Å². The molecule has 0 aliphatic heterocycles. The van der Waals surface area contributed by atoms with Gasteiger partial charge in [-0.05, 0) is 18.1 Å². The summed E-state index contributed by atoms with van der Waals surface area (Å²) in [4.78, 5) is 11.9. The number of hydrogen-bond acceptors (Lipinski definition) is 3. The normalized spacial score (nSPS) is 12.5. The lowest BCUT2D eigenvalue weighted by Crippen LogP contribution is -2.42. The topological polar surface area (TPSA) is 58.6 Å². The van der Waals surface area contributed by atoms with Crippen molar-refractivity contribution in [1.29, 1.82) is 0 Å². The van der Waals surface area contributed by atoms with Crippen molar-refractivity contribution >= 4 is 5.91 Å². The minimum Gasteiger partial charge on any atom is -0.507 e. The molecular weight excluding hydrogens is 237 g/mol. The zero-order valence-corrected chi connectivity index (χ0v) is 10.7. The molecule has 0 radical (unpaired) electrons. The van der Waals surface area contributed by atoms with Crippen LogP contribution in [0, 0.1) is 11.7 Å². The zero-order chi connectivity index (χ0) is 13.7. The Labute approximate surface area is 106 Å². The minimum absolute atomic E-state index is 0.141. The van der Waals surface area contributed by atoms with Gasteiger partial charge in [0, 0.05) is 7.11 Å². The molecule has 2 N–H and O–H groups in total. The highest BCUT2D eigenvalue weighted by atomic mass is 19.1. The van der Waals surface area contributed by atoms with Crippen molar-refractivity contribution in [2.75, 3.05) is 13.7 Å². The highest BCUT2D eigenvalue weighted by molar-refractivity contribution is 5.97. The Morgan fingerprint density at radius 3 is 2.67 bits per heavy atom. The van der Waals surface area contributed by atoms with Gasteiger partial charge in [-0.2, -0.15) is 0 Å². The molecule has 0 saturated carbocycles. The summed E-state index contributed by atoms with van der Waals surface area (Å²) < 4.78 is 18.5. The van der Waals surface area contributed by atoms with E-state index in [0.717, 1.165) is 6.07 Å². The fourth-order valence-electron chi connectivity index (χ4n) is 1.56. The lowest BCUT2D eigenvalue weighted by molar-refractivity contribution is 0.0860. The summed E-state index contributed by atoms with van der Waals surface area (Å²) in [6.07, 6.45) is 0. The molecule has 1 aromatic carbocycles. The standard InChI is InChI=1S/C13H18FNO3/c1-8(2)10(7-18-3)15-13(17)12-9(14)5-4-6-11(12)16/h4-6,8,10,16H,7H2,1-3H3,(H,15,17). The van der Waals surface area contributed by atoms with Crippen molar-refractivity contribution in [2.45, 2.75) is 19.9 Å². The van der Waals surface area contributed by atoms with Gasteiger partial charge in [-0.3, -0.25) is 4.79 Å². The molecule has 5 heteroatoms. The maximum Gasteiger partial charge on any atom is 0.258 e. The van der Waals surface area contributed by atoms with Gasteiger partial charge in [0.2, 0.25) is 0 Å². The van der Waals surface area contributed by atoms with E-state index in [1.165, 1.54) is 19.2 Å². The van der Waals surface area contributed by atoms with E-state index >= 15 is 0 Å². The number of halogens is 1. The smallest absolute Gasteiger partial charge is 0.258 e. The van der Waals surface area contributed by atoms with E-state index in [9.17, 15) is 14.3 Å². The van der Waals surface area contributed by atoms with E-state index in [4.69, 9.17) is 4.74 Å². The molecule has 0 aromatic heterocycles. The van der Waals surface area contributed by atoms with Crippen LogP contribution in [0.5, 0.6) is 5.75 Å². The monoisotopic (exact) mass is 255 g/mol. The van der Waals surface area contributed by atoms with Gasteiger partial charge in [0.1, 0.15) is 17.1 Å². The molecule has 18 heavy (non-hydrogen) atoms. The molecule has 1 rings (SSSR count). The van der Waals surface area contributed by atoms with Crippen molar-refractivity contribution in [3.63, 3.8) is 0 Å². The first-order valence-corrected chi connectivity index (χ1v) is 5.74. The first kappa shape index (κ1) is 14.4. The van der Waals surface area contributed by atoms with Gasteiger partial charge >= 0.3 is 0 Å². The van der Waals surface area contributed by atoms with Crippen LogP contribution >= 0.6 is 0 Å². The first-order chi connectivity index (χ1) is 8.47. The van der Waals surface area contributed by atoms with Gasteiger partial charge < -0.3 is 15.2 Å². The lowest BCUT2D eigenvalue weighted by atomic mass is 10.0. The summed E-state index contributed by atoms with van der Waals surface area (Å²) >= 11 is 0. The Hall–Kier alpha value is -1.62. The minimum atomic E-state index is -0.743. The molecule has 0 aliphatic carbocycles. The van der Waals surface area contributed by atoms with Crippen LogP contribution in [0.1, 0.15) is 24.2 Å². The number of nitrogens with one attached hydrogen (secondary N) is 1. The Morgan fingerprint density at radius 2 is 2.17 bits per heavy atom. The number of aromatic hydroxyl groups is 1. The van der Waals surface area contributed by atoms with E-state index in [-0.39, 0.29) is 23.3 Å². The molecule has 100 valence electrons. The Balaban J connectivity index is 2.87. The van der Waals surface area contributed by atoms with Crippen LogP contribution < -0.4 is 5.32 Å². The van der Waals surface area contributed by atoms with Crippen molar-refractivity contribution < 1.29 is 19.0 Å². The number of carbonyl (C=O) groups is 1. The molecule has 0 spiro atoms. The predicted octanol–water partition coefficient (Wildman–Crippen LogP) is 1.93. The number of ether oxygens (including phenoxy) is 1. The molecule has 1 amide bonds. The molecule has 0 saturated heterocycles. The van der Waals surface area contributed by atoms with Crippen LogP contribution in [0.2, 0.25) is 0 Å². The number of hydrogen-bond donors (Lipinski definition) is 2. The van der Waals surface area contributed by atoms with Crippen LogP contribution in [-0.2, 0) is 4.74 Å². The second-order valence-electron chi connectivity index (χ2n) is 4.41. The quantitative estimate of drug-likeness (QED) is 0.845. The number of rotatable bonds is 5. The van der Waals surface area contributed by atoms with Gasteiger partial charge in [-0.15, -0.1) is 0 Å². The van der Waals surface area contributed by atoms with E-state index in [1.54, 1.807) is 0 Å². The summed E-state index contributed by atoms with van der Waals surface area (Å²) in [5.74, 6) is -1.61. The van der Waals surface area contributed by atoms with Gasteiger partial charge in [-0.1, -0.05) is 19.9 Å². The lowest BCUT2D eigenvalue weighted by Gasteiger charge is -2.21. The molecule has 0 bridgehead atoms. The third-order valence-electron chi connectivity index (χ3n) is 2.69.